The Kier molecular flexibility index (Phi) is 4.20. The molecule has 22 heavy (non-hydrogen) atoms. The van der Waals surface area contributed by atoms with Crippen LogP contribution in [0.4, 0.5) is 0 Å². The number of nitrogens with two attached hydrogens (primary N) is 1. The molecule has 0 aliphatic heterocycles. The Morgan fingerprint density at radius 3 is 2.55 bits per heavy atom. The van der Waals surface area contributed by atoms with Gasteiger partial charge >= 0.3 is 0 Å². The number of hydrogen-bond acceptors (Lipinski definition) is 3. The topological polar surface area (TPSA) is 35.2 Å². The molecule has 0 bridgehead atoms. The highest BCUT2D eigenvalue weighted by molar-refractivity contribution is 8.00. The van der Waals surface area contributed by atoms with Crippen LogP contribution in [0.2, 0.25) is 0 Å². The Balaban J connectivity index is 1.93. The first kappa shape index (κ1) is 15.4. The lowest BCUT2D eigenvalue weighted by Crippen LogP contribution is -2.52. The summed E-state index contributed by atoms with van der Waals surface area (Å²) < 4.78 is 5.39. The van der Waals surface area contributed by atoms with Crippen molar-refractivity contribution < 1.29 is 4.74 Å². The van der Waals surface area contributed by atoms with Gasteiger partial charge in [-0.15, -0.1) is 11.8 Å². The third-order valence-corrected chi connectivity index (χ3v) is 6.00. The zero-order chi connectivity index (χ0) is 15.7. The van der Waals surface area contributed by atoms with E-state index in [0.717, 1.165) is 12.2 Å². The summed E-state index contributed by atoms with van der Waals surface area (Å²) in [6.07, 6.45) is 1.00. The maximum absolute atomic E-state index is 6.65. The second-order valence-electron chi connectivity index (χ2n) is 6.44. The van der Waals surface area contributed by atoms with E-state index in [1.165, 1.54) is 16.0 Å². The fourth-order valence-corrected chi connectivity index (χ4v) is 4.65. The average Bonchev–Trinajstić information content (AvgIpc) is 2.53. The second kappa shape index (κ2) is 5.98. The van der Waals surface area contributed by atoms with E-state index < -0.39 is 0 Å². The standard InChI is InChI=1S/C19H23NOS/c1-19(2)16-12-14(21-3)10-9-13(16)11-17(18(19)20)22-15-7-5-4-6-8-15/h4-10,12,17-18H,11,20H2,1-3H3/t17-,18+/m0/s1. The highest BCUT2D eigenvalue weighted by Gasteiger charge is 2.40. The Morgan fingerprint density at radius 1 is 1.14 bits per heavy atom. The number of thioether (sulfide) groups is 1. The zero-order valence-corrected chi connectivity index (χ0v) is 14.2. The molecule has 0 saturated heterocycles. The van der Waals surface area contributed by atoms with Gasteiger partial charge in [0.1, 0.15) is 5.75 Å². The third kappa shape index (κ3) is 2.75. The minimum atomic E-state index is -0.0609. The van der Waals surface area contributed by atoms with Crippen molar-refractivity contribution in [3.8, 4) is 5.75 Å². The first-order valence-corrected chi connectivity index (χ1v) is 8.55. The van der Waals surface area contributed by atoms with Gasteiger partial charge in [0.15, 0.2) is 0 Å². The quantitative estimate of drug-likeness (QED) is 0.929. The minimum absolute atomic E-state index is 0.0609. The first-order chi connectivity index (χ1) is 10.5. The van der Waals surface area contributed by atoms with Gasteiger partial charge in [0.05, 0.1) is 7.11 Å². The van der Waals surface area contributed by atoms with Crippen LogP contribution in [0.1, 0.15) is 25.0 Å². The van der Waals surface area contributed by atoms with Gasteiger partial charge in [0, 0.05) is 21.6 Å². The van der Waals surface area contributed by atoms with Gasteiger partial charge in [-0.1, -0.05) is 38.1 Å². The predicted octanol–water partition coefficient (Wildman–Crippen LogP) is 4.02. The molecule has 0 saturated carbocycles. The van der Waals surface area contributed by atoms with Crippen LogP contribution in [0, 0.1) is 0 Å². The summed E-state index contributed by atoms with van der Waals surface area (Å²) >= 11 is 1.89. The van der Waals surface area contributed by atoms with Gasteiger partial charge in [-0.05, 0) is 41.8 Å². The number of benzene rings is 2. The van der Waals surface area contributed by atoms with Crippen molar-refractivity contribution in [2.45, 2.75) is 41.9 Å². The molecule has 2 atom stereocenters. The largest absolute Gasteiger partial charge is 0.497 e. The van der Waals surface area contributed by atoms with E-state index >= 15 is 0 Å². The van der Waals surface area contributed by atoms with Crippen molar-refractivity contribution in [1.29, 1.82) is 0 Å². The van der Waals surface area contributed by atoms with Crippen LogP contribution in [0.5, 0.6) is 5.75 Å². The minimum Gasteiger partial charge on any atom is -0.497 e. The summed E-state index contributed by atoms with van der Waals surface area (Å²) in [5.41, 5.74) is 9.30. The van der Waals surface area contributed by atoms with E-state index in [0.29, 0.717) is 5.25 Å². The molecule has 116 valence electrons. The summed E-state index contributed by atoms with van der Waals surface area (Å²) in [5.74, 6) is 0.910. The van der Waals surface area contributed by atoms with E-state index in [4.69, 9.17) is 10.5 Å². The molecular formula is C19H23NOS. The number of ether oxygens (including phenoxy) is 1. The van der Waals surface area contributed by atoms with Crippen molar-refractivity contribution in [2.24, 2.45) is 5.73 Å². The molecule has 0 aromatic heterocycles. The molecule has 2 nitrogen and oxygen atoms in total. The molecular weight excluding hydrogens is 290 g/mol. The zero-order valence-electron chi connectivity index (χ0n) is 13.4. The number of fused-ring (bicyclic) bond motifs is 1. The van der Waals surface area contributed by atoms with Crippen LogP contribution in [-0.2, 0) is 11.8 Å². The third-order valence-electron chi connectivity index (χ3n) is 4.70. The average molecular weight is 313 g/mol. The highest BCUT2D eigenvalue weighted by atomic mass is 32.2. The van der Waals surface area contributed by atoms with Gasteiger partial charge in [0.2, 0.25) is 0 Å². The Morgan fingerprint density at radius 2 is 1.86 bits per heavy atom. The molecule has 2 aromatic carbocycles. The van der Waals surface area contributed by atoms with Gasteiger partial charge in [-0.3, -0.25) is 0 Å². The molecule has 2 N–H and O–H groups in total. The molecule has 0 spiro atoms. The van der Waals surface area contributed by atoms with E-state index in [2.05, 4.69) is 62.4 Å². The van der Waals surface area contributed by atoms with Crippen LogP contribution in [0.15, 0.2) is 53.4 Å². The van der Waals surface area contributed by atoms with Gasteiger partial charge in [-0.2, -0.15) is 0 Å². The normalized spacial score (nSPS) is 22.9. The van der Waals surface area contributed by atoms with Crippen LogP contribution in [0.3, 0.4) is 0 Å². The molecule has 0 fully saturated rings. The lowest BCUT2D eigenvalue weighted by atomic mass is 9.69. The fraction of sp³-hybridized carbons (Fsp3) is 0.368. The summed E-state index contributed by atoms with van der Waals surface area (Å²) in [6, 6.07) is 17.0. The van der Waals surface area contributed by atoms with Crippen LogP contribution < -0.4 is 10.5 Å². The van der Waals surface area contributed by atoms with Crippen molar-refractivity contribution in [3.63, 3.8) is 0 Å². The van der Waals surface area contributed by atoms with Crippen molar-refractivity contribution >= 4 is 11.8 Å². The Bertz CT molecular complexity index is 654. The van der Waals surface area contributed by atoms with Crippen LogP contribution >= 0.6 is 11.8 Å². The SMILES string of the molecule is COc1ccc2c(c1)C(C)(C)[C@H](N)[C@@H](Sc1ccccc1)C2. The number of hydrogen-bond donors (Lipinski definition) is 1. The molecule has 0 amide bonds. The van der Waals surface area contributed by atoms with E-state index in [-0.39, 0.29) is 11.5 Å². The molecule has 3 rings (SSSR count). The maximum Gasteiger partial charge on any atom is 0.119 e. The van der Waals surface area contributed by atoms with Gasteiger partial charge < -0.3 is 10.5 Å². The monoisotopic (exact) mass is 313 g/mol. The Hall–Kier alpha value is -1.45. The Labute approximate surface area is 137 Å². The van der Waals surface area contributed by atoms with Crippen molar-refractivity contribution in [1.82, 2.24) is 0 Å². The molecule has 0 heterocycles. The van der Waals surface area contributed by atoms with E-state index in [1.54, 1.807) is 7.11 Å². The van der Waals surface area contributed by atoms with Gasteiger partial charge in [-0.25, -0.2) is 0 Å². The maximum atomic E-state index is 6.65. The van der Waals surface area contributed by atoms with E-state index in [1.807, 2.05) is 11.8 Å². The lowest BCUT2D eigenvalue weighted by Gasteiger charge is -2.43. The predicted molar refractivity (Wildman–Crippen MR) is 93.8 cm³/mol. The molecule has 3 heteroatoms. The number of rotatable bonds is 3. The first-order valence-electron chi connectivity index (χ1n) is 7.67. The van der Waals surface area contributed by atoms with Gasteiger partial charge in [0.25, 0.3) is 0 Å². The molecule has 0 radical (unpaired) electrons. The molecule has 1 aliphatic carbocycles. The summed E-state index contributed by atoms with van der Waals surface area (Å²) in [7, 11) is 1.71. The van der Waals surface area contributed by atoms with Crippen LogP contribution in [-0.4, -0.2) is 18.4 Å². The molecule has 1 aliphatic rings. The van der Waals surface area contributed by atoms with E-state index in [9.17, 15) is 0 Å². The number of methoxy groups -OCH3 is 1. The summed E-state index contributed by atoms with van der Waals surface area (Å²) in [6.45, 7) is 4.49. The fourth-order valence-electron chi connectivity index (χ4n) is 3.24. The summed E-state index contributed by atoms with van der Waals surface area (Å²) in [4.78, 5) is 1.29. The van der Waals surface area contributed by atoms with Crippen LogP contribution in [0.25, 0.3) is 0 Å². The smallest absolute Gasteiger partial charge is 0.119 e. The van der Waals surface area contributed by atoms with Crippen molar-refractivity contribution in [3.05, 3.63) is 59.7 Å². The second-order valence-corrected chi connectivity index (χ2v) is 7.76. The lowest BCUT2D eigenvalue weighted by molar-refractivity contribution is 0.366. The molecule has 2 aromatic rings. The molecule has 0 unspecified atom stereocenters. The highest BCUT2D eigenvalue weighted by Crippen LogP contribution is 2.43. The van der Waals surface area contributed by atoms with Crippen molar-refractivity contribution in [2.75, 3.05) is 7.11 Å². The summed E-state index contributed by atoms with van der Waals surface area (Å²) in [5, 5.41) is 0.387.